The molecule has 0 bridgehead atoms. The van der Waals surface area contributed by atoms with Crippen molar-refractivity contribution in [2.75, 3.05) is 11.4 Å². The summed E-state index contributed by atoms with van der Waals surface area (Å²) in [6.45, 7) is 5.86. The van der Waals surface area contributed by atoms with Gasteiger partial charge in [-0.25, -0.2) is 9.37 Å². The number of pyridine rings is 1. The number of halogens is 4. The van der Waals surface area contributed by atoms with E-state index in [1.807, 2.05) is 31.2 Å². The minimum Gasteiger partial charge on any atom is -0.433 e. The number of nitrogens with zero attached hydrogens (tertiary/aromatic N) is 3. The number of imidazole rings is 1. The number of fused-ring (bicyclic) bond motifs is 1. The summed E-state index contributed by atoms with van der Waals surface area (Å²) in [7, 11) is 0. The Balaban J connectivity index is 1.15. The number of ether oxygens (including phenoxy) is 1. The zero-order valence-corrected chi connectivity index (χ0v) is 26.0. The minimum absolute atomic E-state index is 0.141. The smallest absolute Gasteiger partial charge is 0.394 e. The second-order valence-electron chi connectivity index (χ2n) is 11.5. The van der Waals surface area contributed by atoms with E-state index in [2.05, 4.69) is 26.9 Å². The summed E-state index contributed by atoms with van der Waals surface area (Å²) < 4.78 is 47.8. The molecule has 1 unspecified atom stereocenters. The number of amides is 1. The Morgan fingerprint density at radius 3 is 2.59 bits per heavy atom. The number of hydrogen-bond acceptors (Lipinski definition) is 4. The fourth-order valence-corrected chi connectivity index (χ4v) is 6.28. The van der Waals surface area contributed by atoms with Crippen LogP contribution in [0.1, 0.15) is 73.8 Å². The first-order chi connectivity index (χ1) is 21.0. The van der Waals surface area contributed by atoms with Crippen molar-refractivity contribution in [1.82, 2.24) is 14.7 Å². The van der Waals surface area contributed by atoms with Crippen LogP contribution in [0.2, 0.25) is 5.02 Å². The zero-order chi connectivity index (χ0) is 31.4. The van der Waals surface area contributed by atoms with Gasteiger partial charge in [-0.1, -0.05) is 37.6 Å². The molecule has 2 atom stereocenters. The van der Waals surface area contributed by atoms with Crippen molar-refractivity contribution >= 4 is 28.8 Å². The van der Waals surface area contributed by atoms with E-state index < -0.39 is 6.11 Å². The normalized spacial score (nSPS) is 17.2. The van der Waals surface area contributed by atoms with E-state index in [0.717, 1.165) is 44.8 Å². The molecule has 5 rings (SSSR count). The van der Waals surface area contributed by atoms with Crippen molar-refractivity contribution in [3.05, 3.63) is 94.1 Å². The van der Waals surface area contributed by atoms with Crippen molar-refractivity contribution in [3.63, 3.8) is 0 Å². The predicted molar refractivity (Wildman–Crippen MR) is 167 cm³/mol. The molecule has 10 heteroatoms. The maximum Gasteiger partial charge on any atom is 0.394 e. The molecule has 1 fully saturated rings. The van der Waals surface area contributed by atoms with Gasteiger partial charge < -0.3 is 15.0 Å². The summed E-state index contributed by atoms with van der Waals surface area (Å²) in [6.07, 6.45) is 3.49. The number of aromatic nitrogens is 2. The lowest BCUT2D eigenvalue weighted by Gasteiger charge is -2.41. The molecule has 1 saturated heterocycles. The summed E-state index contributed by atoms with van der Waals surface area (Å²) in [5.74, 6) is 0.0481. The number of alkyl halides is 2. The first-order valence-corrected chi connectivity index (χ1v) is 15.6. The fraction of sp³-hybridized carbons (Fsp3) is 0.412. The number of aryl methyl sites for hydroxylation is 2. The molecule has 0 aliphatic carbocycles. The van der Waals surface area contributed by atoms with E-state index in [4.69, 9.17) is 11.6 Å². The summed E-state index contributed by atoms with van der Waals surface area (Å²) >= 11 is 6.15. The van der Waals surface area contributed by atoms with Crippen LogP contribution in [0.5, 0.6) is 5.75 Å². The molecule has 1 amide bonds. The lowest BCUT2D eigenvalue weighted by molar-refractivity contribution is -0.158. The molecule has 1 aliphatic heterocycles. The molecule has 0 radical (unpaired) electrons. The molecule has 1 aliphatic rings. The van der Waals surface area contributed by atoms with Crippen molar-refractivity contribution in [2.24, 2.45) is 5.92 Å². The highest BCUT2D eigenvalue weighted by atomic mass is 35.5. The molecule has 2 aromatic heterocycles. The number of carbonyl (C=O) groups is 1. The van der Waals surface area contributed by atoms with Gasteiger partial charge in [0.25, 0.3) is 5.91 Å². The Labute approximate surface area is 261 Å². The van der Waals surface area contributed by atoms with Crippen LogP contribution in [0.15, 0.2) is 60.8 Å². The molecule has 6 nitrogen and oxygen atoms in total. The van der Waals surface area contributed by atoms with Gasteiger partial charge in [0, 0.05) is 37.9 Å². The van der Waals surface area contributed by atoms with E-state index in [9.17, 15) is 13.6 Å². The van der Waals surface area contributed by atoms with Gasteiger partial charge in [-0.3, -0.25) is 9.20 Å². The van der Waals surface area contributed by atoms with Gasteiger partial charge in [0.15, 0.2) is 0 Å². The molecule has 4 aromatic rings. The van der Waals surface area contributed by atoms with Crippen molar-refractivity contribution in [3.8, 4) is 5.75 Å². The second-order valence-corrected chi connectivity index (χ2v) is 12.0. The van der Waals surface area contributed by atoms with Crippen LogP contribution in [0.25, 0.3) is 5.65 Å². The first kappa shape index (κ1) is 31.7. The summed E-state index contributed by atoms with van der Waals surface area (Å²) in [5, 5.41) is 3.41. The molecular formula is C34H38ClF3N4O2. The molecule has 1 N–H and O–H groups in total. The monoisotopic (exact) mass is 626 g/mol. The van der Waals surface area contributed by atoms with Gasteiger partial charge in [-0.2, -0.15) is 8.78 Å². The fourth-order valence-electron chi connectivity index (χ4n) is 6.12. The Hall–Kier alpha value is -3.72. The molecular weight excluding hydrogens is 589 g/mol. The summed E-state index contributed by atoms with van der Waals surface area (Å²) in [5.41, 5.74) is 4.10. The zero-order valence-electron chi connectivity index (χ0n) is 25.3. The maximum atomic E-state index is 15.1. The van der Waals surface area contributed by atoms with Gasteiger partial charge in [0.2, 0.25) is 0 Å². The van der Waals surface area contributed by atoms with Gasteiger partial charge in [-0.15, -0.1) is 0 Å². The average Bonchev–Trinajstić information content (AvgIpc) is 3.36. The van der Waals surface area contributed by atoms with E-state index in [0.29, 0.717) is 58.0 Å². The summed E-state index contributed by atoms with van der Waals surface area (Å²) in [4.78, 5) is 20.0. The lowest BCUT2D eigenvalue weighted by Crippen LogP contribution is -2.42. The highest BCUT2D eigenvalue weighted by Gasteiger charge is 2.28. The molecule has 0 saturated carbocycles. The number of benzene rings is 2. The number of anilines is 1. The van der Waals surface area contributed by atoms with E-state index in [1.54, 1.807) is 34.9 Å². The Kier molecular flexibility index (Phi) is 9.73. The van der Waals surface area contributed by atoms with Crippen molar-refractivity contribution in [1.29, 1.82) is 0 Å². The number of hydrogen-bond donors (Lipinski definition) is 1. The van der Waals surface area contributed by atoms with Crippen LogP contribution in [-0.4, -0.2) is 34.0 Å². The Bertz CT molecular complexity index is 1600. The molecule has 234 valence electrons. The third-order valence-corrected chi connectivity index (χ3v) is 8.58. The maximum absolute atomic E-state index is 15.1. The lowest BCUT2D eigenvalue weighted by atomic mass is 9.85. The molecule has 2 aromatic carbocycles. The third-order valence-electron chi connectivity index (χ3n) is 8.36. The van der Waals surface area contributed by atoms with Gasteiger partial charge in [0.05, 0.1) is 10.7 Å². The van der Waals surface area contributed by atoms with Gasteiger partial charge in [-0.05, 0) is 98.0 Å². The predicted octanol–water partition coefficient (Wildman–Crippen LogP) is 8.24. The summed E-state index contributed by atoms with van der Waals surface area (Å²) in [6, 6.07) is 15.8. The molecule has 0 spiro atoms. The van der Waals surface area contributed by atoms with Crippen LogP contribution in [0.4, 0.5) is 18.9 Å². The van der Waals surface area contributed by atoms with Crippen molar-refractivity contribution < 1.29 is 22.7 Å². The average molecular weight is 627 g/mol. The van der Waals surface area contributed by atoms with Crippen LogP contribution >= 0.6 is 11.6 Å². The van der Waals surface area contributed by atoms with Crippen LogP contribution < -0.4 is 15.0 Å². The SMILES string of the molecule is CCc1nc2ccc(Cl)cn2c1C(=O)NCc1ccc(CCC2CCN(c3ccc(OC(C)(F)F)cc3)[C@@H](CC)C2)c(F)c1. The minimum atomic E-state index is -3.22. The topological polar surface area (TPSA) is 58.9 Å². The highest BCUT2D eigenvalue weighted by molar-refractivity contribution is 6.30. The first-order valence-electron chi connectivity index (χ1n) is 15.2. The van der Waals surface area contributed by atoms with E-state index in [-0.39, 0.29) is 24.0 Å². The van der Waals surface area contributed by atoms with Crippen LogP contribution in [-0.2, 0) is 19.4 Å². The van der Waals surface area contributed by atoms with E-state index in [1.165, 1.54) is 6.07 Å². The molecule has 3 heterocycles. The highest BCUT2D eigenvalue weighted by Crippen LogP contribution is 2.34. The van der Waals surface area contributed by atoms with Gasteiger partial charge in [0.1, 0.15) is 22.9 Å². The third kappa shape index (κ3) is 7.49. The quantitative estimate of drug-likeness (QED) is 0.182. The largest absolute Gasteiger partial charge is 0.433 e. The van der Waals surface area contributed by atoms with Crippen molar-refractivity contribution in [2.45, 2.75) is 78.0 Å². The molecule has 44 heavy (non-hydrogen) atoms. The second kappa shape index (κ2) is 13.5. The Morgan fingerprint density at radius 2 is 1.91 bits per heavy atom. The number of carbonyl (C=O) groups excluding carboxylic acids is 1. The number of piperidine rings is 1. The van der Waals surface area contributed by atoms with Crippen LogP contribution in [0.3, 0.4) is 0 Å². The van der Waals surface area contributed by atoms with E-state index >= 15 is 4.39 Å². The standard InChI is InChI=1S/C34H38ClF3N4O2/c1-4-26-18-22(16-17-41(26)27-11-13-28(14-12-27)44-34(3,37)38)6-8-24-9-7-23(19-29(24)36)20-39-33(43)32-30(5-2)40-31-15-10-25(35)21-42(31)32/h7,9-15,19,21-22,26H,4-6,8,16-18,20H2,1-3H3,(H,39,43)/t22?,26-/m0/s1. The number of nitrogens with one attached hydrogen (secondary N) is 1. The van der Waals surface area contributed by atoms with Crippen LogP contribution in [0, 0.1) is 11.7 Å². The Morgan fingerprint density at radius 1 is 1.14 bits per heavy atom. The number of rotatable bonds is 11. The van der Waals surface area contributed by atoms with Gasteiger partial charge >= 0.3 is 6.11 Å².